The third kappa shape index (κ3) is 16.3. The molecule has 2 N–H and O–H groups in total. The lowest BCUT2D eigenvalue weighted by molar-refractivity contribution is -0.114. The maximum Gasteiger partial charge on any atom is 0.0690 e. The lowest BCUT2D eigenvalue weighted by Crippen LogP contribution is -2.30. The van der Waals surface area contributed by atoms with Crippen LogP contribution in [-0.2, 0) is 0 Å². The Morgan fingerprint density at radius 1 is 0.682 bits per heavy atom. The number of nitrogens with zero attached hydrogens (tertiary/aromatic N) is 1. The van der Waals surface area contributed by atoms with Crippen molar-refractivity contribution in [2.45, 2.75) is 110 Å². The van der Waals surface area contributed by atoms with Gasteiger partial charge in [-0.05, 0) is 12.8 Å². The summed E-state index contributed by atoms with van der Waals surface area (Å²) in [5, 5.41) is 20.9. The van der Waals surface area contributed by atoms with E-state index >= 15 is 0 Å². The van der Waals surface area contributed by atoms with Gasteiger partial charge in [0.1, 0.15) is 0 Å². The molecule has 1 unspecified atom stereocenters. The Kier molecular flexibility index (Phi) is 17.1. The molecule has 0 spiro atoms. The Bertz CT molecular complexity index is 212. The molecule has 3 nitrogen and oxygen atoms in total. The van der Waals surface area contributed by atoms with E-state index in [1.165, 1.54) is 62.9 Å². The molecule has 0 amide bonds. The molecule has 22 heavy (non-hydrogen) atoms. The van der Waals surface area contributed by atoms with Crippen molar-refractivity contribution in [3.63, 3.8) is 0 Å². The monoisotopic (exact) mass is 315 g/mol. The van der Waals surface area contributed by atoms with E-state index < -0.39 is 0 Å². The van der Waals surface area contributed by atoms with Crippen LogP contribution in [0.4, 0.5) is 0 Å². The van der Waals surface area contributed by atoms with Crippen molar-refractivity contribution in [3.05, 3.63) is 0 Å². The minimum absolute atomic E-state index is 0.374. The number of hydroxylamine groups is 2. The molecule has 0 heterocycles. The first-order chi connectivity index (χ1) is 10.7. The van der Waals surface area contributed by atoms with E-state index in [0.717, 1.165) is 32.1 Å². The highest BCUT2D eigenvalue weighted by molar-refractivity contribution is 4.59. The second-order valence-corrected chi connectivity index (χ2v) is 6.74. The molecule has 0 rings (SSSR count). The van der Waals surface area contributed by atoms with Crippen LogP contribution in [0.15, 0.2) is 0 Å². The molecule has 0 aromatic heterocycles. The van der Waals surface area contributed by atoms with Gasteiger partial charge in [0.25, 0.3) is 0 Å². The first kappa shape index (κ1) is 21.9. The zero-order valence-corrected chi connectivity index (χ0v) is 15.2. The van der Waals surface area contributed by atoms with Crippen molar-refractivity contribution in [3.8, 4) is 0 Å². The molecule has 0 bridgehead atoms. The molecule has 0 aliphatic carbocycles. The first-order valence-electron chi connectivity index (χ1n) is 9.82. The lowest BCUT2D eigenvalue weighted by atomic mass is 10.0. The summed E-state index contributed by atoms with van der Waals surface area (Å²) < 4.78 is 0. The Morgan fingerprint density at radius 3 is 1.68 bits per heavy atom. The van der Waals surface area contributed by atoms with Crippen LogP contribution in [0.5, 0.6) is 0 Å². The lowest BCUT2D eigenvalue weighted by Gasteiger charge is -2.18. The third-order valence-electron chi connectivity index (χ3n) is 4.33. The number of aliphatic hydroxyl groups excluding tert-OH is 1. The maximum absolute atomic E-state index is 9.90. The summed E-state index contributed by atoms with van der Waals surface area (Å²) >= 11 is 0. The van der Waals surface area contributed by atoms with Crippen LogP contribution in [0.2, 0.25) is 0 Å². The highest BCUT2D eigenvalue weighted by Crippen LogP contribution is 2.12. The van der Waals surface area contributed by atoms with Crippen molar-refractivity contribution in [1.82, 2.24) is 5.06 Å². The second-order valence-electron chi connectivity index (χ2n) is 6.74. The van der Waals surface area contributed by atoms with Crippen LogP contribution in [0, 0.1) is 0 Å². The Balaban J connectivity index is 3.25. The summed E-state index contributed by atoms with van der Waals surface area (Å²) in [6.45, 7) is 5.50. The number of hydrogen-bond donors (Lipinski definition) is 2. The molecular formula is C19H41NO2. The van der Waals surface area contributed by atoms with Gasteiger partial charge in [0.2, 0.25) is 0 Å². The topological polar surface area (TPSA) is 43.7 Å². The Morgan fingerprint density at radius 2 is 1.14 bits per heavy atom. The molecular weight excluding hydrogens is 274 g/mol. The standard InChI is InChI=1S/C19H41NO2/c1-3-5-7-8-9-10-11-12-13-14-16-19(21)18-20(22)17-15-6-4-2/h19,21-22H,3-18H2,1-2H3. The molecule has 0 saturated carbocycles. The third-order valence-corrected chi connectivity index (χ3v) is 4.33. The van der Waals surface area contributed by atoms with Gasteiger partial charge in [0.05, 0.1) is 6.10 Å². The van der Waals surface area contributed by atoms with E-state index in [-0.39, 0.29) is 6.10 Å². The van der Waals surface area contributed by atoms with Crippen molar-refractivity contribution in [1.29, 1.82) is 0 Å². The highest BCUT2D eigenvalue weighted by Gasteiger charge is 2.08. The molecule has 0 aliphatic heterocycles. The molecule has 0 radical (unpaired) electrons. The predicted molar refractivity (Wildman–Crippen MR) is 95.4 cm³/mol. The van der Waals surface area contributed by atoms with Crippen LogP contribution in [0.1, 0.15) is 104 Å². The summed E-state index contributed by atoms with van der Waals surface area (Å²) in [5.41, 5.74) is 0. The van der Waals surface area contributed by atoms with Crippen LogP contribution >= 0.6 is 0 Å². The van der Waals surface area contributed by atoms with Crippen LogP contribution < -0.4 is 0 Å². The predicted octanol–water partition coefficient (Wildman–Crippen LogP) is 5.54. The maximum atomic E-state index is 9.90. The normalized spacial score (nSPS) is 13.0. The van der Waals surface area contributed by atoms with Gasteiger partial charge >= 0.3 is 0 Å². The number of hydrogen-bond acceptors (Lipinski definition) is 3. The van der Waals surface area contributed by atoms with Crippen LogP contribution in [0.3, 0.4) is 0 Å². The molecule has 134 valence electrons. The Labute approximate surface area is 139 Å². The van der Waals surface area contributed by atoms with Gasteiger partial charge in [-0.2, -0.15) is 5.06 Å². The van der Waals surface area contributed by atoms with Gasteiger partial charge in [-0.15, -0.1) is 0 Å². The second kappa shape index (κ2) is 17.2. The largest absolute Gasteiger partial charge is 0.392 e. The number of aliphatic hydroxyl groups is 1. The average molecular weight is 316 g/mol. The zero-order valence-electron chi connectivity index (χ0n) is 15.2. The summed E-state index contributed by atoms with van der Waals surface area (Å²) in [5.74, 6) is 0. The van der Waals surface area contributed by atoms with Gasteiger partial charge in [-0.25, -0.2) is 0 Å². The van der Waals surface area contributed by atoms with Crippen molar-refractivity contribution in [2.24, 2.45) is 0 Å². The number of unbranched alkanes of at least 4 members (excludes halogenated alkanes) is 11. The Hall–Kier alpha value is -0.120. The smallest absolute Gasteiger partial charge is 0.0690 e. The number of rotatable bonds is 17. The molecule has 1 atom stereocenters. The van der Waals surface area contributed by atoms with E-state index in [2.05, 4.69) is 13.8 Å². The van der Waals surface area contributed by atoms with Gasteiger partial charge in [0.15, 0.2) is 0 Å². The molecule has 0 aliphatic rings. The fourth-order valence-corrected chi connectivity index (χ4v) is 2.84. The minimum atomic E-state index is -0.374. The van der Waals surface area contributed by atoms with Gasteiger partial charge in [-0.1, -0.05) is 90.9 Å². The van der Waals surface area contributed by atoms with Gasteiger partial charge in [-0.3, -0.25) is 0 Å². The summed E-state index contributed by atoms with van der Waals surface area (Å²) in [4.78, 5) is 0. The van der Waals surface area contributed by atoms with Gasteiger partial charge < -0.3 is 10.3 Å². The van der Waals surface area contributed by atoms with E-state index in [0.29, 0.717) is 13.1 Å². The summed E-state index contributed by atoms with van der Waals surface area (Å²) in [6.07, 6.45) is 17.0. The first-order valence-corrected chi connectivity index (χ1v) is 9.82. The van der Waals surface area contributed by atoms with Crippen molar-refractivity contribution in [2.75, 3.05) is 13.1 Å². The molecule has 0 fully saturated rings. The van der Waals surface area contributed by atoms with Gasteiger partial charge in [0, 0.05) is 13.1 Å². The molecule has 0 aromatic carbocycles. The highest BCUT2D eigenvalue weighted by atomic mass is 16.5. The van der Waals surface area contributed by atoms with Crippen molar-refractivity contribution < 1.29 is 10.3 Å². The SMILES string of the molecule is CCCCCCCCCCCCC(O)CN(O)CCCCC. The fraction of sp³-hybridized carbons (Fsp3) is 1.00. The zero-order chi connectivity index (χ0) is 16.5. The quantitative estimate of drug-likeness (QED) is 0.273. The molecule has 0 aromatic rings. The van der Waals surface area contributed by atoms with Crippen LogP contribution in [-0.4, -0.2) is 34.6 Å². The summed E-state index contributed by atoms with van der Waals surface area (Å²) in [6, 6.07) is 0. The fourth-order valence-electron chi connectivity index (χ4n) is 2.84. The average Bonchev–Trinajstić information content (AvgIpc) is 2.49. The van der Waals surface area contributed by atoms with E-state index in [9.17, 15) is 10.3 Å². The van der Waals surface area contributed by atoms with E-state index in [1.54, 1.807) is 0 Å². The van der Waals surface area contributed by atoms with E-state index in [1.807, 2.05) is 0 Å². The van der Waals surface area contributed by atoms with E-state index in [4.69, 9.17) is 0 Å². The summed E-state index contributed by atoms with van der Waals surface area (Å²) in [7, 11) is 0. The molecule has 0 saturated heterocycles. The molecule has 3 heteroatoms. The van der Waals surface area contributed by atoms with Crippen molar-refractivity contribution >= 4 is 0 Å². The van der Waals surface area contributed by atoms with Crippen LogP contribution in [0.25, 0.3) is 0 Å². The minimum Gasteiger partial charge on any atom is -0.392 e.